The van der Waals surface area contributed by atoms with Crippen molar-refractivity contribution in [3.63, 3.8) is 0 Å². The summed E-state index contributed by atoms with van der Waals surface area (Å²) in [7, 11) is 1.49. The monoisotopic (exact) mass is 168 g/mol. The van der Waals surface area contributed by atoms with Crippen molar-refractivity contribution >= 4 is 17.4 Å². The zero-order valence-electron chi connectivity index (χ0n) is 6.57. The van der Waals surface area contributed by atoms with Crippen LogP contribution in [0.25, 0.3) is 0 Å². The number of hydrogen-bond acceptors (Lipinski definition) is 2. The van der Waals surface area contributed by atoms with Crippen molar-refractivity contribution in [3.8, 4) is 0 Å². The van der Waals surface area contributed by atoms with Crippen LogP contribution in [0.15, 0.2) is 29.2 Å². The maximum absolute atomic E-state index is 10.8. The molecule has 0 N–H and O–H groups in total. The van der Waals surface area contributed by atoms with Crippen molar-refractivity contribution in [2.24, 2.45) is 0 Å². The lowest BCUT2D eigenvalue weighted by Crippen LogP contribution is -1.88. The van der Waals surface area contributed by atoms with Gasteiger partial charge >= 0.3 is 0 Å². The average Bonchev–Trinajstić information content (AvgIpc) is 2.05. The van der Waals surface area contributed by atoms with E-state index in [4.69, 9.17) is 0 Å². The third-order valence-electron chi connectivity index (χ3n) is 1.44. The fourth-order valence-corrected chi connectivity index (χ4v) is 1.20. The van der Waals surface area contributed by atoms with Gasteiger partial charge in [-0.1, -0.05) is 0 Å². The Bertz CT molecular complexity index is 255. The minimum atomic E-state index is 0.697. The van der Waals surface area contributed by atoms with Gasteiger partial charge in [-0.25, -0.2) is 0 Å². The van der Waals surface area contributed by atoms with Crippen molar-refractivity contribution in [1.82, 2.24) is 0 Å². The summed E-state index contributed by atoms with van der Waals surface area (Å²) in [6.45, 7) is 0. The maximum Gasteiger partial charge on any atom is 0.255 e. The van der Waals surface area contributed by atoms with Gasteiger partial charge < -0.3 is 0 Å². The molecule has 1 aromatic carbocycles. The van der Waals surface area contributed by atoms with E-state index in [9.17, 15) is 4.91 Å². The minimum Gasteiger partial charge on any atom is -0.130 e. The standard InChI is InChI=1S/C8H10NOS/c1-9(10)7-3-5-8(11-2)6-4-7/h3-6H,1-2H3/q+1. The molecule has 0 fully saturated rings. The smallest absolute Gasteiger partial charge is 0.130 e. The summed E-state index contributed by atoms with van der Waals surface area (Å²) in [5.74, 6) is 0. The molecule has 0 aliphatic carbocycles. The first-order valence-corrected chi connectivity index (χ1v) is 4.51. The second kappa shape index (κ2) is 3.53. The van der Waals surface area contributed by atoms with Crippen molar-refractivity contribution in [2.75, 3.05) is 13.3 Å². The molecule has 0 unspecified atom stereocenters. The van der Waals surface area contributed by atoms with Gasteiger partial charge in [0, 0.05) is 26.7 Å². The molecular formula is C8H10NOS+. The van der Waals surface area contributed by atoms with Crippen LogP contribution in [0.4, 0.5) is 5.69 Å². The van der Waals surface area contributed by atoms with Crippen LogP contribution in [-0.4, -0.2) is 18.1 Å². The molecule has 0 saturated heterocycles. The summed E-state index contributed by atoms with van der Waals surface area (Å²) in [5.41, 5.74) is 0.697. The number of rotatable bonds is 2. The summed E-state index contributed by atoms with van der Waals surface area (Å²) in [6.07, 6.45) is 2.01. The Morgan fingerprint density at radius 2 is 1.82 bits per heavy atom. The Labute approximate surface area is 70.2 Å². The number of nitroso groups, excluding NO2 is 1. The normalized spacial score (nSPS) is 9.64. The molecule has 1 aromatic rings. The number of benzene rings is 1. The Morgan fingerprint density at radius 1 is 1.27 bits per heavy atom. The van der Waals surface area contributed by atoms with Gasteiger partial charge in [-0.05, 0) is 18.4 Å². The molecule has 0 spiro atoms. The quantitative estimate of drug-likeness (QED) is 0.499. The molecule has 0 amide bonds. The summed E-state index contributed by atoms with van der Waals surface area (Å²) < 4.78 is 0.851. The molecule has 0 saturated carbocycles. The van der Waals surface area contributed by atoms with E-state index in [1.165, 1.54) is 11.9 Å². The molecule has 0 heterocycles. The van der Waals surface area contributed by atoms with Gasteiger partial charge in [0.1, 0.15) is 0 Å². The first-order chi connectivity index (χ1) is 5.24. The third kappa shape index (κ3) is 2.05. The van der Waals surface area contributed by atoms with E-state index >= 15 is 0 Å². The van der Waals surface area contributed by atoms with E-state index in [1.54, 1.807) is 11.8 Å². The SMILES string of the molecule is CSc1ccc([N+](C)=O)cc1. The molecule has 0 aromatic heterocycles. The highest BCUT2D eigenvalue weighted by Gasteiger charge is 2.03. The summed E-state index contributed by atoms with van der Waals surface area (Å²) in [5, 5.41) is 0. The van der Waals surface area contributed by atoms with E-state index in [0.717, 1.165) is 4.76 Å². The molecule has 11 heavy (non-hydrogen) atoms. The zero-order valence-corrected chi connectivity index (χ0v) is 7.39. The number of thioether (sulfide) groups is 1. The van der Waals surface area contributed by atoms with Crippen molar-refractivity contribution < 1.29 is 4.76 Å². The van der Waals surface area contributed by atoms with Crippen LogP contribution >= 0.6 is 11.8 Å². The highest BCUT2D eigenvalue weighted by molar-refractivity contribution is 7.98. The molecule has 3 heteroatoms. The van der Waals surface area contributed by atoms with Gasteiger partial charge in [-0.3, -0.25) is 0 Å². The first kappa shape index (κ1) is 8.27. The lowest BCUT2D eigenvalue weighted by Gasteiger charge is -1.92. The van der Waals surface area contributed by atoms with E-state index in [2.05, 4.69) is 0 Å². The molecule has 0 aliphatic rings. The van der Waals surface area contributed by atoms with E-state index in [0.29, 0.717) is 5.69 Å². The van der Waals surface area contributed by atoms with Crippen molar-refractivity contribution in [1.29, 1.82) is 0 Å². The predicted octanol–water partition coefficient (Wildman–Crippen LogP) is 2.45. The average molecular weight is 168 g/mol. The van der Waals surface area contributed by atoms with E-state index in [-0.39, 0.29) is 0 Å². The second-order valence-electron chi connectivity index (χ2n) is 2.20. The van der Waals surface area contributed by atoms with Crippen molar-refractivity contribution in [3.05, 3.63) is 29.2 Å². The highest BCUT2D eigenvalue weighted by Crippen LogP contribution is 2.18. The van der Waals surface area contributed by atoms with Gasteiger partial charge in [0.25, 0.3) is 5.69 Å². The lowest BCUT2D eigenvalue weighted by atomic mass is 10.3. The second-order valence-corrected chi connectivity index (χ2v) is 3.08. The molecule has 0 bridgehead atoms. The van der Waals surface area contributed by atoms with Gasteiger partial charge in [-0.15, -0.1) is 11.8 Å². The Hall–Kier alpha value is -0.830. The van der Waals surface area contributed by atoms with E-state index < -0.39 is 0 Å². The fourth-order valence-electron chi connectivity index (χ4n) is 0.792. The number of hydrogen-bond donors (Lipinski definition) is 0. The largest absolute Gasteiger partial charge is 0.255 e. The minimum absolute atomic E-state index is 0.697. The maximum atomic E-state index is 10.8. The zero-order chi connectivity index (χ0) is 8.27. The van der Waals surface area contributed by atoms with Crippen LogP contribution in [0.1, 0.15) is 0 Å². The Balaban J connectivity index is 2.91. The van der Waals surface area contributed by atoms with Crippen LogP contribution < -0.4 is 0 Å². The van der Waals surface area contributed by atoms with Gasteiger partial charge in [0.05, 0.1) is 0 Å². The summed E-state index contributed by atoms with van der Waals surface area (Å²) in [6, 6.07) is 7.51. The topological polar surface area (TPSA) is 20.1 Å². The van der Waals surface area contributed by atoms with Crippen LogP contribution in [0.5, 0.6) is 0 Å². The molecule has 1 rings (SSSR count). The van der Waals surface area contributed by atoms with Crippen LogP contribution in [0.3, 0.4) is 0 Å². The van der Waals surface area contributed by atoms with Crippen LogP contribution in [0.2, 0.25) is 0 Å². The molecule has 58 valence electrons. The molecule has 0 atom stereocenters. The van der Waals surface area contributed by atoms with Gasteiger partial charge in [0.15, 0.2) is 7.05 Å². The molecule has 0 aliphatic heterocycles. The summed E-state index contributed by atoms with van der Waals surface area (Å²) in [4.78, 5) is 11.9. The predicted molar refractivity (Wildman–Crippen MR) is 47.4 cm³/mol. The molecule has 2 nitrogen and oxygen atoms in total. The fraction of sp³-hybridized carbons (Fsp3) is 0.250. The van der Waals surface area contributed by atoms with Gasteiger partial charge in [-0.2, -0.15) is 0 Å². The lowest BCUT2D eigenvalue weighted by molar-refractivity contribution is -0.428. The summed E-state index contributed by atoms with van der Waals surface area (Å²) >= 11 is 1.67. The first-order valence-electron chi connectivity index (χ1n) is 3.29. The third-order valence-corrected chi connectivity index (χ3v) is 2.18. The van der Waals surface area contributed by atoms with Crippen LogP contribution in [0, 0.1) is 4.91 Å². The molecule has 0 radical (unpaired) electrons. The van der Waals surface area contributed by atoms with Gasteiger partial charge in [0.2, 0.25) is 0 Å². The Kier molecular flexibility index (Phi) is 2.65. The van der Waals surface area contributed by atoms with E-state index in [1.807, 2.05) is 30.5 Å². The van der Waals surface area contributed by atoms with Crippen molar-refractivity contribution in [2.45, 2.75) is 4.90 Å². The van der Waals surface area contributed by atoms with Crippen LogP contribution in [-0.2, 0) is 0 Å². The molecular weight excluding hydrogens is 158 g/mol. The highest BCUT2D eigenvalue weighted by atomic mass is 32.2. The Morgan fingerprint density at radius 3 is 2.18 bits per heavy atom. The number of nitrogens with zero attached hydrogens (tertiary/aromatic N) is 1.